The third kappa shape index (κ3) is 4.70. The number of pyridine rings is 2. The summed E-state index contributed by atoms with van der Waals surface area (Å²) in [7, 11) is 0. The molecule has 0 aliphatic carbocycles. The third-order valence-electron chi connectivity index (χ3n) is 4.72. The second-order valence-corrected chi connectivity index (χ2v) is 6.95. The van der Waals surface area contributed by atoms with Crippen molar-refractivity contribution in [2.45, 2.75) is 13.5 Å². The van der Waals surface area contributed by atoms with Gasteiger partial charge in [0.1, 0.15) is 0 Å². The van der Waals surface area contributed by atoms with Crippen molar-refractivity contribution in [2.24, 2.45) is 0 Å². The molecule has 30 heavy (non-hydrogen) atoms. The highest BCUT2D eigenvalue weighted by molar-refractivity contribution is 5.88. The normalized spacial score (nSPS) is 10.4. The molecule has 0 fully saturated rings. The number of aromatic nitrogens is 2. The van der Waals surface area contributed by atoms with Gasteiger partial charge in [-0.15, -0.1) is 0 Å². The third-order valence-corrected chi connectivity index (χ3v) is 4.72. The highest BCUT2D eigenvalue weighted by Gasteiger charge is 2.10. The monoisotopic (exact) mass is 394 g/mol. The maximum Gasteiger partial charge on any atom is 0.221 e. The lowest BCUT2D eigenvalue weighted by atomic mass is 10.0. The van der Waals surface area contributed by atoms with Crippen LogP contribution in [-0.2, 0) is 11.3 Å². The number of amides is 1. The van der Waals surface area contributed by atoms with Crippen LogP contribution in [0, 0.1) is 0 Å². The van der Waals surface area contributed by atoms with Crippen molar-refractivity contribution in [1.29, 1.82) is 0 Å². The smallest absolute Gasteiger partial charge is 0.221 e. The van der Waals surface area contributed by atoms with Crippen LogP contribution in [0.1, 0.15) is 12.5 Å². The van der Waals surface area contributed by atoms with Crippen LogP contribution >= 0.6 is 0 Å². The van der Waals surface area contributed by atoms with E-state index in [1.54, 1.807) is 12.4 Å². The SMILES string of the molecule is CC(=O)Nc1ccc(NCc2cc(-c3ccccc3)cnc2-c2ccncc2)cc1. The van der Waals surface area contributed by atoms with Crippen LogP contribution in [-0.4, -0.2) is 15.9 Å². The number of hydrogen-bond donors (Lipinski definition) is 2. The van der Waals surface area contributed by atoms with Crippen molar-refractivity contribution >= 4 is 17.3 Å². The number of carbonyl (C=O) groups excluding carboxylic acids is 1. The fraction of sp³-hybridized carbons (Fsp3) is 0.0800. The zero-order valence-corrected chi connectivity index (χ0v) is 16.7. The molecule has 2 heterocycles. The minimum Gasteiger partial charge on any atom is -0.381 e. The first kappa shape index (κ1) is 19.3. The zero-order valence-electron chi connectivity index (χ0n) is 16.7. The van der Waals surface area contributed by atoms with Gasteiger partial charge in [-0.3, -0.25) is 14.8 Å². The van der Waals surface area contributed by atoms with E-state index in [1.807, 2.05) is 60.8 Å². The Morgan fingerprint density at radius 2 is 1.53 bits per heavy atom. The average Bonchev–Trinajstić information content (AvgIpc) is 2.79. The maximum atomic E-state index is 11.2. The van der Waals surface area contributed by atoms with Crippen molar-refractivity contribution in [3.8, 4) is 22.4 Å². The topological polar surface area (TPSA) is 66.9 Å². The highest BCUT2D eigenvalue weighted by Crippen LogP contribution is 2.27. The van der Waals surface area contributed by atoms with E-state index in [2.05, 4.69) is 33.8 Å². The van der Waals surface area contributed by atoms with Crippen molar-refractivity contribution in [3.05, 3.63) is 97.0 Å². The molecule has 2 N–H and O–H groups in total. The van der Waals surface area contributed by atoms with Crippen molar-refractivity contribution in [3.63, 3.8) is 0 Å². The molecule has 148 valence electrons. The summed E-state index contributed by atoms with van der Waals surface area (Å²) in [6.07, 6.45) is 5.47. The maximum absolute atomic E-state index is 11.2. The van der Waals surface area contributed by atoms with Crippen molar-refractivity contribution < 1.29 is 4.79 Å². The van der Waals surface area contributed by atoms with Gasteiger partial charge in [0.2, 0.25) is 5.91 Å². The molecule has 0 radical (unpaired) electrons. The lowest BCUT2D eigenvalue weighted by Gasteiger charge is -2.13. The summed E-state index contributed by atoms with van der Waals surface area (Å²) in [5, 5.41) is 6.24. The fourth-order valence-electron chi connectivity index (χ4n) is 3.28. The van der Waals surface area contributed by atoms with Gasteiger partial charge < -0.3 is 10.6 Å². The Morgan fingerprint density at radius 1 is 0.833 bits per heavy atom. The molecule has 0 bridgehead atoms. The van der Waals surface area contributed by atoms with Gasteiger partial charge in [-0.2, -0.15) is 0 Å². The molecular weight excluding hydrogens is 372 g/mol. The van der Waals surface area contributed by atoms with Crippen LogP contribution in [0.4, 0.5) is 11.4 Å². The molecule has 2 aromatic carbocycles. The second kappa shape index (κ2) is 9.01. The van der Waals surface area contributed by atoms with E-state index < -0.39 is 0 Å². The minimum atomic E-state index is -0.0819. The Morgan fingerprint density at radius 3 is 2.23 bits per heavy atom. The van der Waals surface area contributed by atoms with Gasteiger partial charge >= 0.3 is 0 Å². The fourth-order valence-corrected chi connectivity index (χ4v) is 3.28. The van der Waals surface area contributed by atoms with Gasteiger partial charge in [0.05, 0.1) is 5.69 Å². The second-order valence-electron chi connectivity index (χ2n) is 6.95. The summed E-state index contributed by atoms with van der Waals surface area (Å²) in [6, 6.07) is 24.0. The van der Waals surface area contributed by atoms with Gasteiger partial charge in [0.25, 0.3) is 0 Å². The molecule has 0 atom stereocenters. The number of benzene rings is 2. The lowest BCUT2D eigenvalue weighted by molar-refractivity contribution is -0.114. The number of hydrogen-bond acceptors (Lipinski definition) is 4. The summed E-state index contributed by atoms with van der Waals surface area (Å²) >= 11 is 0. The lowest BCUT2D eigenvalue weighted by Crippen LogP contribution is -2.06. The van der Waals surface area contributed by atoms with E-state index in [0.29, 0.717) is 6.54 Å². The Balaban J connectivity index is 1.61. The van der Waals surface area contributed by atoms with Crippen molar-refractivity contribution in [1.82, 2.24) is 9.97 Å². The molecule has 2 aromatic heterocycles. The van der Waals surface area contributed by atoms with Crippen LogP contribution < -0.4 is 10.6 Å². The first-order chi connectivity index (χ1) is 14.7. The molecule has 5 heteroatoms. The minimum absolute atomic E-state index is 0.0819. The molecule has 0 aliphatic heterocycles. The van der Waals surface area contributed by atoms with Gasteiger partial charge in [-0.05, 0) is 53.6 Å². The highest BCUT2D eigenvalue weighted by atomic mass is 16.1. The number of rotatable bonds is 6. The predicted octanol–water partition coefficient (Wildman–Crippen LogP) is 5.38. The molecule has 4 aromatic rings. The zero-order chi connectivity index (χ0) is 20.8. The molecule has 5 nitrogen and oxygen atoms in total. The number of anilines is 2. The Labute approximate surface area is 175 Å². The number of nitrogens with zero attached hydrogens (tertiary/aromatic N) is 2. The van der Waals surface area contributed by atoms with E-state index >= 15 is 0 Å². The van der Waals surface area contributed by atoms with E-state index in [9.17, 15) is 4.79 Å². The molecule has 0 aliphatic rings. The predicted molar refractivity (Wildman–Crippen MR) is 121 cm³/mol. The molecule has 0 unspecified atom stereocenters. The van der Waals surface area contributed by atoms with Crippen LogP contribution in [0.3, 0.4) is 0 Å². The molecular formula is C25H22N4O. The first-order valence-corrected chi connectivity index (χ1v) is 9.75. The molecule has 0 saturated carbocycles. The number of carbonyl (C=O) groups is 1. The van der Waals surface area contributed by atoms with Crippen LogP contribution in [0.15, 0.2) is 91.4 Å². The largest absolute Gasteiger partial charge is 0.381 e. The van der Waals surface area contributed by atoms with Crippen LogP contribution in [0.2, 0.25) is 0 Å². The van der Waals surface area contributed by atoms with E-state index in [1.165, 1.54) is 6.92 Å². The molecule has 0 saturated heterocycles. The molecule has 1 amide bonds. The summed E-state index contributed by atoms with van der Waals surface area (Å²) in [6.45, 7) is 2.12. The van der Waals surface area contributed by atoms with Gasteiger partial charge in [-0.1, -0.05) is 30.3 Å². The van der Waals surface area contributed by atoms with Gasteiger partial charge in [-0.25, -0.2) is 0 Å². The number of nitrogens with one attached hydrogen (secondary N) is 2. The summed E-state index contributed by atoms with van der Waals surface area (Å²) in [5.74, 6) is -0.0819. The quantitative estimate of drug-likeness (QED) is 0.461. The Hall–Kier alpha value is -3.99. The van der Waals surface area contributed by atoms with Crippen LogP contribution in [0.25, 0.3) is 22.4 Å². The summed E-state index contributed by atoms with van der Waals surface area (Å²) in [4.78, 5) is 20.1. The Kier molecular flexibility index (Phi) is 5.80. The summed E-state index contributed by atoms with van der Waals surface area (Å²) < 4.78 is 0. The van der Waals surface area contributed by atoms with Gasteiger partial charge in [0, 0.05) is 54.6 Å². The standard InChI is InChI=1S/C25H22N4O/c1-18(30)29-24-9-7-23(8-10-24)27-17-22-15-21(19-5-3-2-4-6-19)16-28-25(22)20-11-13-26-14-12-20/h2-16,27H,17H2,1H3,(H,29,30). The van der Waals surface area contributed by atoms with Crippen molar-refractivity contribution in [2.75, 3.05) is 10.6 Å². The van der Waals surface area contributed by atoms with Crippen LogP contribution in [0.5, 0.6) is 0 Å². The Bertz CT molecular complexity index is 1130. The molecule has 0 spiro atoms. The van der Waals surface area contributed by atoms with E-state index in [4.69, 9.17) is 4.98 Å². The van der Waals surface area contributed by atoms with Gasteiger partial charge in [0.15, 0.2) is 0 Å². The van der Waals surface area contributed by atoms with E-state index in [0.717, 1.165) is 39.3 Å². The first-order valence-electron chi connectivity index (χ1n) is 9.75. The van der Waals surface area contributed by atoms with E-state index in [-0.39, 0.29) is 5.91 Å². The summed E-state index contributed by atoms with van der Waals surface area (Å²) in [5.41, 5.74) is 7.00. The average molecular weight is 394 g/mol. The molecule has 4 rings (SSSR count).